The lowest BCUT2D eigenvalue weighted by molar-refractivity contribution is -0.119. The molecular weight excluding hydrogens is 226 g/mol. The maximum atomic E-state index is 11.3. The maximum absolute atomic E-state index is 11.3. The number of para-hydroxylation sites is 1. The van der Waals surface area contributed by atoms with Gasteiger partial charge in [0.15, 0.2) is 0 Å². The zero-order chi connectivity index (χ0) is 12.4. The van der Waals surface area contributed by atoms with Gasteiger partial charge in [-0.25, -0.2) is 0 Å². The normalized spacial score (nSPS) is 23.4. The van der Waals surface area contributed by atoms with Gasteiger partial charge in [0.2, 0.25) is 5.91 Å². The average Bonchev–Trinajstić information content (AvgIpc) is 2.68. The minimum Gasteiger partial charge on any atom is -0.368 e. The molecule has 1 aromatic carbocycles. The SMILES string of the molecule is O=C1CCC(CN2CCNCc3ccccc32)N1. The molecule has 2 heterocycles. The van der Waals surface area contributed by atoms with Crippen molar-refractivity contribution in [2.75, 3.05) is 24.5 Å². The van der Waals surface area contributed by atoms with Gasteiger partial charge in [0.25, 0.3) is 0 Å². The third-order valence-corrected chi connectivity index (χ3v) is 3.73. The van der Waals surface area contributed by atoms with Gasteiger partial charge in [-0.1, -0.05) is 18.2 Å². The Balaban J connectivity index is 1.77. The van der Waals surface area contributed by atoms with Crippen LogP contribution < -0.4 is 15.5 Å². The van der Waals surface area contributed by atoms with Crippen LogP contribution in [-0.4, -0.2) is 31.6 Å². The molecule has 2 N–H and O–H groups in total. The molecule has 0 bridgehead atoms. The summed E-state index contributed by atoms with van der Waals surface area (Å²) in [6, 6.07) is 8.84. The molecule has 1 atom stereocenters. The summed E-state index contributed by atoms with van der Waals surface area (Å²) in [6.45, 7) is 3.85. The van der Waals surface area contributed by atoms with Gasteiger partial charge < -0.3 is 15.5 Å². The number of carbonyl (C=O) groups excluding carboxylic acids is 1. The summed E-state index contributed by atoms with van der Waals surface area (Å²) in [5.74, 6) is 0.196. The molecule has 1 fully saturated rings. The summed E-state index contributed by atoms with van der Waals surface area (Å²) in [6.07, 6.45) is 1.64. The quantitative estimate of drug-likeness (QED) is 0.813. The van der Waals surface area contributed by atoms with E-state index in [0.717, 1.165) is 32.6 Å². The second-order valence-electron chi connectivity index (χ2n) is 5.05. The number of anilines is 1. The van der Waals surface area contributed by atoms with Gasteiger partial charge >= 0.3 is 0 Å². The first-order valence-corrected chi connectivity index (χ1v) is 6.66. The molecule has 96 valence electrons. The van der Waals surface area contributed by atoms with Crippen LogP contribution in [0.3, 0.4) is 0 Å². The van der Waals surface area contributed by atoms with E-state index < -0.39 is 0 Å². The van der Waals surface area contributed by atoms with Crippen molar-refractivity contribution >= 4 is 11.6 Å². The molecule has 18 heavy (non-hydrogen) atoms. The standard InChI is InChI=1S/C14H19N3O/c18-14-6-5-12(16-14)10-17-8-7-15-9-11-3-1-2-4-13(11)17/h1-4,12,15H,5-10H2,(H,16,18). The number of hydrogen-bond donors (Lipinski definition) is 2. The summed E-state index contributed by atoms with van der Waals surface area (Å²) >= 11 is 0. The lowest BCUT2D eigenvalue weighted by Gasteiger charge is -2.27. The molecule has 0 spiro atoms. The monoisotopic (exact) mass is 245 g/mol. The molecule has 1 saturated heterocycles. The van der Waals surface area contributed by atoms with Crippen molar-refractivity contribution in [2.24, 2.45) is 0 Å². The summed E-state index contributed by atoms with van der Waals surface area (Å²) in [5, 5.41) is 6.49. The zero-order valence-electron chi connectivity index (χ0n) is 10.5. The highest BCUT2D eigenvalue weighted by Gasteiger charge is 2.24. The second-order valence-corrected chi connectivity index (χ2v) is 5.05. The van der Waals surface area contributed by atoms with Gasteiger partial charge in [-0.05, 0) is 18.1 Å². The van der Waals surface area contributed by atoms with Gasteiger partial charge in [-0.15, -0.1) is 0 Å². The number of nitrogens with zero attached hydrogens (tertiary/aromatic N) is 1. The number of nitrogens with one attached hydrogen (secondary N) is 2. The third-order valence-electron chi connectivity index (χ3n) is 3.73. The second kappa shape index (κ2) is 4.98. The fourth-order valence-corrected chi connectivity index (χ4v) is 2.80. The number of fused-ring (bicyclic) bond motifs is 1. The van der Waals surface area contributed by atoms with E-state index in [0.29, 0.717) is 12.5 Å². The van der Waals surface area contributed by atoms with Gasteiger partial charge in [-0.3, -0.25) is 4.79 Å². The summed E-state index contributed by atoms with van der Waals surface area (Å²) in [7, 11) is 0. The molecule has 0 saturated carbocycles. The molecule has 0 aliphatic carbocycles. The minimum absolute atomic E-state index is 0.196. The number of carbonyl (C=O) groups is 1. The van der Waals surface area contributed by atoms with E-state index >= 15 is 0 Å². The third kappa shape index (κ3) is 2.34. The van der Waals surface area contributed by atoms with Crippen LogP contribution in [0.1, 0.15) is 18.4 Å². The Morgan fingerprint density at radius 3 is 3.06 bits per heavy atom. The lowest BCUT2D eigenvalue weighted by Crippen LogP contribution is -2.40. The summed E-state index contributed by atoms with van der Waals surface area (Å²) in [4.78, 5) is 13.7. The van der Waals surface area contributed by atoms with Crippen LogP contribution in [-0.2, 0) is 11.3 Å². The van der Waals surface area contributed by atoms with Crippen LogP contribution in [0.15, 0.2) is 24.3 Å². The van der Waals surface area contributed by atoms with Crippen molar-refractivity contribution < 1.29 is 4.79 Å². The van der Waals surface area contributed by atoms with Crippen molar-refractivity contribution in [3.63, 3.8) is 0 Å². The molecule has 0 radical (unpaired) electrons. The van der Waals surface area contributed by atoms with Gasteiger partial charge in [0, 0.05) is 44.3 Å². The number of amides is 1. The van der Waals surface area contributed by atoms with Crippen LogP contribution in [0.2, 0.25) is 0 Å². The minimum atomic E-state index is 0.196. The maximum Gasteiger partial charge on any atom is 0.220 e. The fourth-order valence-electron chi connectivity index (χ4n) is 2.80. The highest BCUT2D eigenvalue weighted by molar-refractivity contribution is 5.78. The molecule has 2 aliphatic rings. The summed E-state index contributed by atoms with van der Waals surface area (Å²) < 4.78 is 0. The molecule has 1 amide bonds. The molecule has 0 aromatic heterocycles. The number of rotatable bonds is 2. The first-order chi connectivity index (χ1) is 8.83. The molecule has 2 aliphatic heterocycles. The van der Waals surface area contributed by atoms with Gasteiger partial charge in [0.1, 0.15) is 0 Å². The van der Waals surface area contributed by atoms with E-state index in [2.05, 4.69) is 39.8 Å². The van der Waals surface area contributed by atoms with E-state index in [1.54, 1.807) is 0 Å². The molecule has 4 nitrogen and oxygen atoms in total. The van der Waals surface area contributed by atoms with E-state index in [1.807, 2.05) is 0 Å². The Bertz CT molecular complexity index is 446. The smallest absolute Gasteiger partial charge is 0.220 e. The van der Waals surface area contributed by atoms with Crippen LogP contribution in [0.4, 0.5) is 5.69 Å². The van der Waals surface area contributed by atoms with Crippen molar-refractivity contribution in [1.29, 1.82) is 0 Å². The van der Waals surface area contributed by atoms with Crippen LogP contribution in [0, 0.1) is 0 Å². The van der Waals surface area contributed by atoms with Gasteiger partial charge in [-0.2, -0.15) is 0 Å². The van der Waals surface area contributed by atoms with E-state index in [-0.39, 0.29) is 5.91 Å². The van der Waals surface area contributed by atoms with Crippen molar-refractivity contribution in [2.45, 2.75) is 25.4 Å². The molecule has 1 unspecified atom stereocenters. The predicted octanol–water partition coefficient (Wildman–Crippen LogP) is 0.875. The lowest BCUT2D eigenvalue weighted by atomic mass is 10.1. The Labute approximate surface area is 107 Å². The Morgan fingerprint density at radius 1 is 1.33 bits per heavy atom. The van der Waals surface area contributed by atoms with E-state index in [4.69, 9.17) is 0 Å². The summed E-state index contributed by atoms with van der Waals surface area (Å²) in [5.41, 5.74) is 2.66. The number of benzene rings is 1. The molecule has 4 heteroatoms. The van der Waals surface area contributed by atoms with Crippen molar-refractivity contribution in [3.05, 3.63) is 29.8 Å². The zero-order valence-corrected chi connectivity index (χ0v) is 10.5. The molecule has 1 aromatic rings. The Hall–Kier alpha value is -1.55. The van der Waals surface area contributed by atoms with E-state index in [9.17, 15) is 4.79 Å². The fraction of sp³-hybridized carbons (Fsp3) is 0.500. The average molecular weight is 245 g/mol. The largest absolute Gasteiger partial charge is 0.368 e. The van der Waals surface area contributed by atoms with Gasteiger partial charge in [0.05, 0.1) is 0 Å². The highest BCUT2D eigenvalue weighted by atomic mass is 16.1. The van der Waals surface area contributed by atoms with Crippen LogP contribution in [0.5, 0.6) is 0 Å². The Morgan fingerprint density at radius 2 is 2.22 bits per heavy atom. The highest BCUT2D eigenvalue weighted by Crippen LogP contribution is 2.23. The van der Waals surface area contributed by atoms with Crippen molar-refractivity contribution in [1.82, 2.24) is 10.6 Å². The Kier molecular flexibility index (Phi) is 3.19. The topological polar surface area (TPSA) is 44.4 Å². The number of hydrogen-bond acceptors (Lipinski definition) is 3. The first kappa shape index (κ1) is 11.5. The van der Waals surface area contributed by atoms with Crippen LogP contribution in [0.25, 0.3) is 0 Å². The van der Waals surface area contributed by atoms with Crippen molar-refractivity contribution in [3.8, 4) is 0 Å². The predicted molar refractivity (Wildman–Crippen MR) is 71.5 cm³/mol. The molecular formula is C14H19N3O. The molecule has 3 rings (SSSR count). The van der Waals surface area contributed by atoms with Crippen LogP contribution >= 0.6 is 0 Å². The van der Waals surface area contributed by atoms with E-state index in [1.165, 1.54) is 11.3 Å². The first-order valence-electron chi connectivity index (χ1n) is 6.66.